The molecule has 1 heterocycles. The van der Waals surface area contributed by atoms with Crippen molar-refractivity contribution in [2.75, 3.05) is 25.5 Å². The van der Waals surface area contributed by atoms with Crippen LogP contribution in [0.25, 0.3) is 0 Å². The van der Waals surface area contributed by atoms with Gasteiger partial charge in [0.05, 0.1) is 24.9 Å². The van der Waals surface area contributed by atoms with E-state index in [4.69, 9.17) is 14.7 Å². The Morgan fingerprint density at radius 2 is 1.62 bits per heavy atom. The topological polar surface area (TPSA) is 161 Å². The highest BCUT2D eigenvalue weighted by molar-refractivity contribution is 5.90. The lowest BCUT2D eigenvalue weighted by atomic mass is 9.99. The first-order chi connectivity index (χ1) is 21.7. The molecule has 3 aromatic rings. The third-order valence-corrected chi connectivity index (χ3v) is 7.77. The smallest absolute Gasteiger partial charge is 0.243 e. The van der Waals surface area contributed by atoms with Gasteiger partial charge in [-0.05, 0) is 60.8 Å². The molecule has 0 aliphatic carbocycles. The summed E-state index contributed by atoms with van der Waals surface area (Å²) in [6.45, 7) is 0.829. The van der Waals surface area contributed by atoms with E-state index >= 15 is 0 Å². The summed E-state index contributed by atoms with van der Waals surface area (Å²) in [5, 5.41) is 41.4. The minimum absolute atomic E-state index is 0.0429. The predicted molar refractivity (Wildman–Crippen MR) is 167 cm³/mol. The second-order valence-electron chi connectivity index (χ2n) is 11.4. The maximum atomic E-state index is 12.4. The van der Waals surface area contributed by atoms with E-state index in [9.17, 15) is 24.9 Å². The fourth-order valence-electron chi connectivity index (χ4n) is 5.34. The van der Waals surface area contributed by atoms with Gasteiger partial charge in [-0.15, -0.1) is 0 Å². The Hall–Kier alpha value is -3.84. The van der Waals surface area contributed by atoms with E-state index in [-0.39, 0.29) is 36.9 Å². The van der Waals surface area contributed by atoms with Crippen molar-refractivity contribution in [3.05, 3.63) is 95.1 Å². The molecule has 1 aliphatic rings. The molecule has 2 amide bonds. The molecule has 0 bridgehead atoms. The minimum Gasteiger partial charge on any atom is -0.508 e. The number of aromatic hydroxyl groups is 1. The number of phenols is 1. The lowest BCUT2D eigenvalue weighted by Gasteiger charge is -2.38. The quantitative estimate of drug-likeness (QED) is 0.0816. The van der Waals surface area contributed by atoms with E-state index in [1.807, 2.05) is 48.3 Å². The summed E-state index contributed by atoms with van der Waals surface area (Å²) in [5.74, 6) is -0.451. The monoisotopic (exact) mass is 621 g/mol. The molecule has 11 heteroatoms. The van der Waals surface area contributed by atoms with Crippen molar-refractivity contribution in [2.24, 2.45) is 0 Å². The van der Waals surface area contributed by atoms with Gasteiger partial charge in [-0.25, -0.2) is 5.48 Å². The molecule has 242 valence electrons. The van der Waals surface area contributed by atoms with Crippen LogP contribution in [0.3, 0.4) is 0 Å². The average molecular weight is 622 g/mol. The van der Waals surface area contributed by atoms with E-state index in [0.717, 1.165) is 16.7 Å². The van der Waals surface area contributed by atoms with Crippen LogP contribution < -0.4 is 10.8 Å². The van der Waals surface area contributed by atoms with Crippen molar-refractivity contribution >= 4 is 17.5 Å². The highest BCUT2D eigenvalue weighted by Crippen LogP contribution is 2.38. The van der Waals surface area contributed by atoms with Crippen LogP contribution in [0.1, 0.15) is 79.3 Å². The summed E-state index contributed by atoms with van der Waals surface area (Å²) in [6.07, 6.45) is 1.11. The van der Waals surface area contributed by atoms with Crippen molar-refractivity contribution in [3.8, 4) is 5.75 Å². The first-order valence-electron chi connectivity index (χ1n) is 15.2. The number of phenolic OH excluding ortho intramolecular Hbond substituents is 1. The summed E-state index contributed by atoms with van der Waals surface area (Å²) in [7, 11) is 1.91. The zero-order valence-corrected chi connectivity index (χ0v) is 25.5. The number of hydroxylamine groups is 1. The molecular formula is C34H43N3O8. The number of aliphatic hydroxyl groups is 2. The van der Waals surface area contributed by atoms with Gasteiger partial charge >= 0.3 is 0 Å². The molecule has 4 unspecified atom stereocenters. The zero-order chi connectivity index (χ0) is 32.2. The van der Waals surface area contributed by atoms with Gasteiger partial charge in [-0.1, -0.05) is 55.0 Å². The number of unbranched alkanes of at least 4 members (excludes halogenated alkanes) is 2. The van der Waals surface area contributed by atoms with Gasteiger partial charge in [0.15, 0.2) is 6.29 Å². The Morgan fingerprint density at radius 3 is 2.29 bits per heavy atom. The number of amides is 2. The first kappa shape index (κ1) is 34.0. The van der Waals surface area contributed by atoms with E-state index in [1.54, 1.807) is 41.9 Å². The van der Waals surface area contributed by atoms with Crippen LogP contribution in [-0.4, -0.2) is 63.5 Å². The summed E-state index contributed by atoms with van der Waals surface area (Å²) in [4.78, 5) is 25.5. The van der Waals surface area contributed by atoms with Crippen molar-refractivity contribution in [1.29, 1.82) is 0 Å². The largest absolute Gasteiger partial charge is 0.508 e. The maximum Gasteiger partial charge on any atom is 0.243 e. The van der Waals surface area contributed by atoms with Crippen molar-refractivity contribution in [3.63, 3.8) is 0 Å². The Labute approximate surface area is 263 Å². The fraction of sp³-hybridized carbons (Fsp3) is 0.412. The van der Waals surface area contributed by atoms with Gasteiger partial charge in [-0.3, -0.25) is 14.8 Å². The number of hydrogen-bond donors (Lipinski definition) is 6. The van der Waals surface area contributed by atoms with E-state index in [1.165, 1.54) is 0 Å². The van der Waals surface area contributed by atoms with Crippen LogP contribution in [0.4, 0.5) is 5.69 Å². The molecule has 1 aliphatic heterocycles. The molecule has 4 atom stereocenters. The third kappa shape index (κ3) is 10.6. The molecule has 0 aromatic heterocycles. The molecule has 45 heavy (non-hydrogen) atoms. The number of benzene rings is 3. The molecule has 6 N–H and O–H groups in total. The van der Waals surface area contributed by atoms with Gasteiger partial charge in [-0.2, -0.15) is 0 Å². The lowest BCUT2D eigenvalue weighted by molar-refractivity contribution is -0.252. The Bertz CT molecular complexity index is 1370. The van der Waals surface area contributed by atoms with Crippen LogP contribution in [0.5, 0.6) is 5.75 Å². The summed E-state index contributed by atoms with van der Waals surface area (Å²) >= 11 is 0. The second kappa shape index (κ2) is 17.0. The number of ether oxygens (including phenoxy) is 2. The number of likely N-dealkylation sites (N-methyl/N-ethyl adjacent to an activating group) is 1. The van der Waals surface area contributed by atoms with Gasteiger partial charge in [0.25, 0.3) is 0 Å². The van der Waals surface area contributed by atoms with Gasteiger partial charge in [0.1, 0.15) is 5.75 Å². The molecule has 11 nitrogen and oxygen atoms in total. The van der Waals surface area contributed by atoms with Crippen LogP contribution in [-0.2, 0) is 25.7 Å². The highest BCUT2D eigenvalue weighted by Gasteiger charge is 2.33. The molecule has 0 saturated carbocycles. The molecular weight excluding hydrogens is 578 g/mol. The zero-order valence-electron chi connectivity index (χ0n) is 25.5. The Kier molecular flexibility index (Phi) is 12.9. The molecule has 0 radical (unpaired) electrons. The number of anilines is 1. The molecule has 4 rings (SSSR count). The number of carbonyl (C=O) groups excluding carboxylic acids is 2. The van der Waals surface area contributed by atoms with Crippen molar-refractivity contribution in [1.82, 2.24) is 10.4 Å². The van der Waals surface area contributed by atoms with E-state index in [2.05, 4.69) is 5.32 Å². The molecule has 1 fully saturated rings. The second-order valence-corrected chi connectivity index (χ2v) is 11.4. The SMILES string of the molecule is CN(CC1CC(c2ccc(CO)cc2)OC(c2ccc(NC(=O)CCCCCC(=O)NO)cc2)O1)CC(O)c1cccc(O)c1. The summed E-state index contributed by atoms with van der Waals surface area (Å²) in [5.41, 5.74) is 5.45. The van der Waals surface area contributed by atoms with Gasteiger partial charge < -0.3 is 35.0 Å². The minimum atomic E-state index is -0.782. The van der Waals surface area contributed by atoms with Crippen LogP contribution in [0.2, 0.25) is 0 Å². The van der Waals surface area contributed by atoms with Gasteiger partial charge in [0, 0.05) is 43.6 Å². The lowest BCUT2D eigenvalue weighted by Crippen LogP contribution is -2.39. The normalized spacial score (nSPS) is 18.8. The number of hydrogen-bond acceptors (Lipinski definition) is 9. The summed E-state index contributed by atoms with van der Waals surface area (Å²) < 4.78 is 12.8. The van der Waals surface area contributed by atoms with Crippen LogP contribution in [0.15, 0.2) is 72.8 Å². The number of rotatable bonds is 15. The fourth-order valence-corrected chi connectivity index (χ4v) is 5.34. The molecule has 3 aromatic carbocycles. The van der Waals surface area contributed by atoms with Crippen molar-refractivity contribution < 1.29 is 39.6 Å². The highest BCUT2D eigenvalue weighted by atomic mass is 16.7. The summed E-state index contributed by atoms with van der Waals surface area (Å²) in [6, 6.07) is 21.6. The Morgan fingerprint density at radius 1 is 0.933 bits per heavy atom. The predicted octanol–water partition coefficient (Wildman–Crippen LogP) is 4.49. The number of nitrogens with one attached hydrogen (secondary N) is 2. The molecule has 1 saturated heterocycles. The average Bonchev–Trinajstić information content (AvgIpc) is 3.04. The van der Waals surface area contributed by atoms with Crippen LogP contribution >= 0.6 is 0 Å². The maximum absolute atomic E-state index is 12.4. The van der Waals surface area contributed by atoms with Crippen molar-refractivity contribution in [2.45, 2.75) is 69.7 Å². The number of carbonyl (C=O) groups is 2. The first-order valence-corrected chi connectivity index (χ1v) is 15.2. The molecule has 0 spiro atoms. The van der Waals surface area contributed by atoms with Gasteiger partial charge in [0.2, 0.25) is 11.8 Å². The number of nitrogens with zero attached hydrogens (tertiary/aromatic N) is 1. The van der Waals surface area contributed by atoms with E-state index < -0.39 is 18.3 Å². The van der Waals surface area contributed by atoms with E-state index in [0.29, 0.717) is 56.4 Å². The number of aliphatic hydroxyl groups excluding tert-OH is 2. The Balaban J connectivity index is 1.38. The van der Waals surface area contributed by atoms with Crippen LogP contribution in [0, 0.1) is 0 Å². The standard InChI is InChI=1S/C34H43N3O8/c1-37(21-30(40)26-6-5-7-28(39)18-26)20-29-19-31(24-12-10-23(22-38)11-13-24)45-34(44-29)25-14-16-27(17-15-25)35-32(41)8-3-2-4-9-33(42)36-43/h5-7,10-18,29-31,34,38-40,43H,2-4,8-9,19-22H2,1H3,(H,35,41)(H,36,42). The third-order valence-electron chi connectivity index (χ3n) is 7.77.